The number of ether oxygens (including phenoxy) is 1. The zero-order chi connectivity index (χ0) is 16.9. The van der Waals surface area contributed by atoms with Crippen LogP contribution in [0.3, 0.4) is 0 Å². The summed E-state index contributed by atoms with van der Waals surface area (Å²) in [7, 11) is 1.74. The molecule has 0 aromatic heterocycles. The molecule has 2 aliphatic rings. The lowest BCUT2D eigenvalue weighted by Gasteiger charge is -2.40. The molecule has 1 aliphatic heterocycles. The molecule has 2 atom stereocenters. The number of benzene rings is 1. The van der Waals surface area contributed by atoms with Crippen molar-refractivity contribution in [1.29, 1.82) is 0 Å². The van der Waals surface area contributed by atoms with Crippen molar-refractivity contribution in [2.24, 2.45) is 5.92 Å². The molecule has 132 valence electrons. The van der Waals surface area contributed by atoms with Gasteiger partial charge in [-0.15, -0.1) is 0 Å². The molecule has 1 saturated heterocycles. The molecule has 0 amide bonds. The Morgan fingerprint density at radius 2 is 1.83 bits per heavy atom. The van der Waals surface area contributed by atoms with Crippen LogP contribution < -0.4 is 15.0 Å². The minimum atomic E-state index is 0.554. The number of methoxy groups -OCH3 is 1. The first-order valence-electron chi connectivity index (χ1n) is 9.12. The second kappa shape index (κ2) is 8.06. The van der Waals surface area contributed by atoms with Gasteiger partial charge in [-0.2, -0.15) is 0 Å². The van der Waals surface area contributed by atoms with Crippen LogP contribution in [0.25, 0.3) is 0 Å². The Morgan fingerprint density at radius 1 is 1.12 bits per heavy atom. The van der Waals surface area contributed by atoms with Crippen molar-refractivity contribution in [1.82, 2.24) is 10.2 Å². The molecule has 0 unspecified atom stereocenters. The van der Waals surface area contributed by atoms with E-state index in [1.807, 2.05) is 12.1 Å². The number of nitrogens with one attached hydrogen (secondary N) is 1. The van der Waals surface area contributed by atoms with E-state index in [0.717, 1.165) is 43.0 Å². The van der Waals surface area contributed by atoms with Crippen LogP contribution in [0.1, 0.15) is 32.6 Å². The molecular formula is C19H29N3OS. The summed E-state index contributed by atoms with van der Waals surface area (Å²) in [6, 6.07) is 8.80. The van der Waals surface area contributed by atoms with Crippen LogP contribution in [0.5, 0.6) is 5.75 Å². The van der Waals surface area contributed by atoms with Gasteiger partial charge in [0, 0.05) is 32.2 Å². The molecule has 1 saturated carbocycles. The summed E-state index contributed by atoms with van der Waals surface area (Å²) in [5.74, 6) is 1.68. The van der Waals surface area contributed by atoms with E-state index in [-0.39, 0.29) is 0 Å². The number of rotatable bonds is 3. The Bertz CT molecular complexity index is 557. The summed E-state index contributed by atoms with van der Waals surface area (Å²) < 4.78 is 5.49. The molecule has 1 N–H and O–H groups in total. The number of nitrogens with zero attached hydrogens (tertiary/aromatic N) is 2. The summed E-state index contributed by atoms with van der Waals surface area (Å²) in [6.07, 6.45) is 5.26. The van der Waals surface area contributed by atoms with Crippen molar-refractivity contribution in [3.05, 3.63) is 24.3 Å². The molecule has 24 heavy (non-hydrogen) atoms. The van der Waals surface area contributed by atoms with Crippen LogP contribution in [-0.4, -0.2) is 49.3 Å². The Hall–Kier alpha value is -1.49. The van der Waals surface area contributed by atoms with E-state index in [0.29, 0.717) is 6.04 Å². The third-order valence-electron chi connectivity index (χ3n) is 5.41. The maximum atomic E-state index is 5.68. The summed E-state index contributed by atoms with van der Waals surface area (Å²) in [6.45, 7) is 6.22. The summed E-state index contributed by atoms with van der Waals surface area (Å²) in [4.78, 5) is 4.71. The van der Waals surface area contributed by atoms with Crippen molar-refractivity contribution in [3.8, 4) is 5.75 Å². The fourth-order valence-electron chi connectivity index (χ4n) is 3.82. The quantitative estimate of drug-likeness (QED) is 0.847. The van der Waals surface area contributed by atoms with Gasteiger partial charge in [-0.05, 0) is 43.1 Å². The van der Waals surface area contributed by atoms with Gasteiger partial charge < -0.3 is 19.9 Å². The molecule has 1 aromatic carbocycles. The Kier molecular flexibility index (Phi) is 5.82. The van der Waals surface area contributed by atoms with Crippen molar-refractivity contribution >= 4 is 23.0 Å². The number of thiocarbonyl (C=S) groups is 1. The van der Waals surface area contributed by atoms with Crippen molar-refractivity contribution in [3.63, 3.8) is 0 Å². The highest BCUT2D eigenvalue weighted by molar-refractivity contribution is 7.80. The first-order valence-corrected chi connectivity index (χ1v) is 9.53. The number of piperazine rings is 1. The molecule has 1 aromatic rings. The molecular weight excluding hydrogens is 318 g/mol. The van der Waals surface area contributed by atoms with Crippen molar-refractivity contribution in [2.45, 2.75) is 38.6 Å². The second-order valence-corrected chi connectivity index (χ2v) is 7.35. The predicted molar refractivity (Wildman–Crippen MR) is 104 cm³/mol. The third kappa shape index (κ3) is 3.94. The SMILES string of the molecule is COc1ccccc1N1CCN(C(=S)N[C@@H]2CCCC[C@H]2C)CC1. The molecule has 5 heteroatoms. The van der Waals surface area contributed by atoms with E-state index >= 15 is 0 Å². The van der Waals surface area contributed by atoms with Crippen LogP contribution in [0.4, 0.5) is 5.69 Å². The van der Waals surface area contributed by atoms with E-state index in [1.165, 1.54) is 31.4 Å². The summed E-state index contributed by atoms with van der Waals surface area (Å²) in [5, 5.41) is 4.57. The van der Waals surface area contributed by atoms with Crippen LogP contribution in [0.2, 0.25) is 0 Å². The van der Waals surface area contributed by atoms with Gasteiger partial charge in [0.05, 0.1) is 12.8 Å². The molecule has 0 bridgehead atoms. The number of anilines is 1. The Labute approximate surface area is 151 Å². The van der Waals surface area contributed by atoms with Gasteiger partial charge in [-0.25, -0.2) is 0 Å². The number of hydrogen-bond acceptors (Lipinski definition) is 3. The van der Waals surface area contributed by atoms with Gasteiger partial charge in [-0.3, -0.25) is 0 Å². The largest absolute Gasteiger partial charge is 0.495 e. The summed E-state index contributed by atoms with van der Waals surface area (Å²) >= 11 is 5.68. The zero-order valence-corrected chi connectivity index (χ0v) is 15.6. The molecule has 0 spiro atoms. The predicted octanol–water partition coefficient (Wildman–Crippen LogP) is 3.27. The van der Waals surface area contributed by atoms with Crippen LogP contribution in [-0.2, 0) is 0 Å². The lowest BCUT2D eigenvalue weighted by atomic mass is 9.86. The van der Waals surface area contributed by atoms with E-state index in [2.05, 4.69) is 34.2 Å². The average Bonchev–Trinajstić information content (AvgIpc) is 2.63. The molecule has 3 rings (SSSR count). The standard InChI is InChI=1S/C19H29N3OS/c1-15-7-3-4-8-16(15)20-19(24)22-13-11-21(12-14-22)17-9-5-6-10-18(17)23-2/h5-6,9-10,15-16H,3-4,7-8,11-14H2,1-2H3,(H,20,24)/t15-,16-/m1/s1. The Balaban J connectivity index is 1.54. The minimum Gasteiger partial charge on any atom is -0.495 e. The van der Waals surface area contributed by atoms with Crippen LogP contribution in [0, 0.1) is 5.92 Å². The molecule has 0 radical (unpaired) electrons. The smallest absolute Gasteiger partial charge is 0.169 e. The van der Waals surface area contributed by atoms with Gasteiger partial charge in [0.15, 0.2) is 5.11 Å². The minimum absolute atomic E-state index is 0.554. The lowest BCUT2D eigenvalue weighted by Crippen LogP contribution is -2.54. The zero-order valence-electron chi connectivity index (χ0n) is 14.8. The van der Waals surface area contributed by atoms with Crippen LogP contribution in [0.15, 0.2) is 24.3 Å². The summed E-state index contributed by atoms with van der Waals surface area (Å²) in [5.41, 5.74) is 1.18. The van der Waals surface area contributed by atoms with E-state index in [1.54, 1.807) is 7.11 Å². The Morgan fingerprint density at radius 3 is 2.54 bits per heavy atom. The normalized spacial score (nSPS) is 24.6. The second-order valence-electron chi connectivity index (χ2n) is 6.96. The van der Waals surface area contributed by atoms with Gasteiger partial charge in [0.2, 0.25) is 0 Å². The fraction of sp³-hybridized carbons (Fsp3) is 0.632. The third-order valence-corrected chi connectivity index (χ3v) is 5.79. The monoisotopic (exact) mass is 347 g/mol. The highest BCUT2D eigenvalue weighted by Crippen LogP contribution is 2.28. The van der Waals surface area contributed by atoms with Gasteiger partial charge in [-0.1, -0.05) is 31.9 Å². The highest BCUT2D eigenvalue weighted by atomic mass is 32.1. The average molecular weight is 348 g/mol. The van der Waals surface area contributed by atoms with Gasteiger partial charge in [0.1, 0.15) is 5.75 Å². The first-order chi connectivity index (χ1) is 11.7. The topological polar surface area (TPSA) is 27.7 Å². The number of para-hydroxylation sites is 2. The van der Waals surface area contributed by atoms with Crippen molar-refractivity contribution in [2.75, 3.05) is 38.2 Å². The first kappa shape index (κ1) is 17.3. The number of hydrogen-bond donors (Lipinski definition) is 1. The fourth-order valence-corrected chi connectivity index (χ4v) is 4.16. The van der Waals surface area contributed by atoms with Crippen LogP contribution >= 0.6 is 12.2 Å². The molecule has 1 heterocycles. The van der Waals surface area contributed by atoms with Gasteiger partial charge >= 0.3 is 0 Å². The van der Waals surface area contributed by atoms with E-state index < -0.39 is 0 Å². The maximum absolute atomic E-state index is 5.68. The van der Waals surface area contributed by atoms with Gasteiger partial charge in [0.25, 0.3) is 0 Å². The lowest BCUT2D eigenvalue weighted by molar-refractivity contribution is 0.293. The van der Waals surface area contributed by atoms with E-state index in [4.69, 9.17) is 17.0 Å². The molecule has 1 aliphatic carbocycles. The maximum Gasteiger partial charge on any atom is 0.169 e. The highest BCUT2D eigenvalue weighted by Gasteiger charge is 2.25. The van der Waals surface area contributed by atoms with Crippen molar-refractivity contribution < 1.29 is 4.74 Å². The molecule has 4 nitrogen and oxygen atoms in total. The van der Waals surface area contributed by atoms with E-state index in [9.17, 15) is 0 Å². The molecule has 2 fully saturated rings.